The van der Waals surface area contributed by atoms with Gasteiger partial charge in [0.15, 0.2) is 0 Å². The van der Waals surface area contributed by atoms with Gasteiger partial charge in [-0.2, -0.15) is 0 Å². The second-order valence-electron chi connectivity index (χ2n) is 3.76. The van der Waals surface area contributed by atoms with Crippen LogP contribution in [0.1, 0.15) is 25.3 Å². The summed E-state index contributed by atoms with van der Waals surface area (Å²) in [5.74, 6) is 0.575. The Hall–Kier alpha value is -1.31. The highest BCUT2D eigenvalue weighted by Crippen LogP contribution is 2.19. The van der Waals surface area contributed by atoms with Gasteiger partial charge in [0, 0.05) is 7.05 Å². The lowest BCUT2D eigenvalue weighted by molar-refractivity contribution is 0.868. The Balaban J connectivity index is 2.63. The van der Waals surface area contributed by atoms with E-state index in [0.29, 0.717) is 5.92 Å². The number of fused-ring (bicyclic) bond motifs is 1. The van der Waals surface area contributed by atoms with Gasteiger partial charge in [-0.15, -0.1) is 0 Å². The van der Waals surface area contributed by atoms with Crippen molar-refractivity contribution in [3.05, 3.63) is 30.1 Å². The summed E-state index contributed by atoms with van der Waals surface area (Å²) in [5, 5.41) is 0. The molecule has 1 aromatic carbocycles. The minimum atomic E-state index is 0.575. The largest absolute Gasteiger partial charge is 0.334 e. The molecule has 0 unspecified atom stereocenters. The van der Waals surface area contributed by atoms with E-state index < -0.39 is 0 Å². The Morgan fingerprint density at radius 1 is 1.31 bits per heavy atom. The number of rotatable bonds is 1. The van der Waals surface area contributed by atoms with Crippen LogP contribution in [-0.2, 0) is 7.05 Å². The quantitative estimate of drug-likeness (QED) is 0.650. The van der Waals surface area contributed by atoms with Crippen LogP contribution in [0.15, 0.2) is 24.5 Å². The molecule has 0 aliphatic carbocycles. The van der Waals surface area contributed by atoms with E-state index in [1.807, 2.05) is 17.9 Å². The highest BCUT2D eigenvalue weighted by atomic mass is 15.0. The number of hydrogen-bond donors (Lipinski definition) is 0. The molecule has 2 rings (SSSR count). The van der Waals surface area contributed by atoms with Gasteiger partial charge in [0.05, 0.1) is 17.4 Å². The Bertz CT molecular complexity index is 427. The number of benzene rings is 1. The normalized spacial score (nSPS) is 11.4. The van der Waals surface area contributed by atoms with E-state index in [1.54, 1.807) is 0 Å². The molecule has 0 saturated heterocycles. The number of aryl methyl sites for hydroxylation is 1. The first-order valence-corrected chi connectivity index (χ1v) is 4.59. The van der Waals surface area contributed by atoms with Crippen molar-refractivity contribution in [1.29, 1.82) is 0 Å². The molecular weight excluding hydrogens is 160 g/mol. The van der Waals surface area contributed by atoms with Gasteiger partial charge in [-0.05, 0) is 23.6 Å². The molecule has 13 heavy (non-hydrogen) atoms. The fourth-order valence-electron chi connectivity index (χ4n) is 1.51. The lowest BCUT2D eigenvalue weighted by Crippen LogP contribution is -1.88. The maximum absolute atomic E-state index is 4.32. The number of aromatic nitrogens is 2. The lowest BCUT2D eigenvalue weighted by Gasteiger charge is -2.04. The van der Waals surface area contributed by atoms with Crippen molar-refractivity contribution in [3.8, 4) is 0 Å². The van der Waals surface area contributed by atoms with Crippen LogP contribution < -0.4 is 0 Å². The molecule has 0 aliphatic rings. The molecule has 1 heterocycles. The first kappa shape index (κ1) is 8.30. The van der Waals surface area contributed by atoms with E-state index in [1.165, 1.54) is 11.1 Å². The number of hydrogen-bond acceptors (Lipinski definition) is 1. The summed E-state index contributed by atoms with van der Waals surface area (Å²) in [5.41, 5.74) is 3.64. The van der Waals surface area contributed by atoms with E-state index in [-0.39, 0.29) is 0 Å². The highest BCUT2D eigenvalue weighted by Gasteiger charge is 2.03. The maximum Gasteiger partial charge on any atom is 0.0955 e. The van der Waals surface area contributed by atoms with Gasteiger partial charge >= 0.3 is 0 Å². The second-order valence-corrected chi connectivity index (χ2v) is 3.76. The maximum atomic E-state index is 4.32. The molecule has 2 heteroatoms. The molecule has 0 radical (unpaired) electrons. The average molecular weight is 174 g/mol. The van der Waals surface area contributed by atoms with Crippen molar-refractivity contribution >= 4 is 11.0 Å². The Morgan fingerprint density at radius 2 is 2.08 bits per heavy atom. The molecule has 0 fully saturated rings. The van der Waals surface area contributed by atoms with E-state index in [2.05, 4.69) is 37.0 Å². The minimum absolute atomic E-state index is 0.575. The van der Waals surface area contributed by atoms with E-state index in [4.69, 9.17) is 0 Å². The van der Waals surface area contributed by atoms with Crippen LogP contribution in [0.2, 0.25) is 0 Å². The van der Waals surface area contributed by atoms with E-state index >= 15 is 0 Å². The van der Waals surface area contributed by atoms with Crippen LogP contribution in [0.3, 0.4) is 0 Å². The third kappa shape index (κ3) is 1.32. The topological polar surface area (TPSA) is 17.8 Å². The van der Waals surface area contributed by atoms with Gasteiger partial charge < -0.3 is 4.57 Å². The molecular formula is C11H14N2. The molecule has 1 aromatic heterocycles. The number of imidazole rings is 1. The van der Waals surface area contributed by atoms with Crippen LogP contribution >= 0.6 is 0 Å². The highest BCUT2D eigenvalue weighted by molar-refractivity contribution is 5.76. The standard InChI is InChI=1S/C11H14N2/c1-8(2)9-4-5-11-10(6-9)12-7-13(11)3/h4-8H,1-3H3. The summed E-state index contributed by atoms with van der Waals surface area (Å²) in [6, 6.07) is 6.48. The van der Waals surface area contributed by atoms with Gasteiger partial charge in [-0.3, -0.25) is 0 Å². The van der Waals surface area contributed by atoms with Crippen LogP contribution in [0.4, 0.5) is 0 Å². The van der Waals surface area contributed by atoms with Crippen LogP contribution in [0, 0.1) is 0 Å². The van der Waals surface area contributed by atoms with Crippen molar-refractivity contribution in [2.75, 3.05) is 0 Å². The van der Waals surface area contributed by atoms with Crippen LogP contribution in [0.5, 0.6) is 0 Å². The summed E-state index contributed by atoms with van der Waals surface area (Å²) >= 11 is 0. The van der Waals surface area contributed by atoms with E-state index in [9.17, 15) is 0 Å². The van der Waals surface area contributed by atoms with Gasteiger partial charge in [0.2, 0.25) is 0 Å². The van der Waals surface area contributed by atoms with Gasteiger partial charge in [-0.1, -0.05) is 19.9 Å². The SMILES string of the molecule is CC(C)c1ccc2c(c1)ncn2C. The van der Waals surface area contributed by atoms with Crippen molar-refractivity contribution < 1.29 is 0 Å². The molecule has 0 amide bonds. The smallest absolute Gasteiger partial charge is 0.0955 e. The minimum Gasteiger partial charge on any atom is -0.334 e. The summed E-state index contributed by atoms with van der Waals surface area (Å²) < 4.78 is 2.04. The monoisotopic (exact) mass is 174 g/mol. The van der Waals surface area contributed by atoms with Crippen molar-refractivity contribution in [2.45, 2.75) is 19.8 Å². The first-order valence-electron chi connectivity index (χ1n) is 4.59. The zero-order valence-electron chi connectivity index (χ0n) is 8.28. The predicted octanol–water partition coefficient (Wildman–Crippen LogP) is 2.70. The lowest BCUT2D eigenvalue weighted by atomic mass is 10.0. The van der Waals surface area contributed by atoms with Crippen molar-refractivity contribution in [3.63, 3.8) is 0 Å². The fraction of sp³-hybridized carbons (Fsp3) is 0.364. The van der Waals surface area contributed by atoms with Crippen molar-refractivity contribution in [1.82, 2.24) is 9.55 Å². The van der Waals surface area contributed by atoms with Gasteiger partial charge in [0.25, 0.3) is 0 Å². The third-order valence-electron chi connectivity index (χ3n) is 2.42. The molecule has 0 saturated carbocycles. The Labute approximate surface area is 78.2 Å². The predicted molar refractivity (Wildman–Crippen MR) is 54.8 cm³/mol. The molecule has 2 aromatic rings. The molecule has 0 atom stereocenters. The van der Waals surface area contributed by atoms with Gasteiger partial charge in [0.1, 0.15) is 0 Å². The molecule has 68 valence electrons. The van der Waals surface area contributed by atoms with E-state index in [0.717, 1.165) is 5.52 Å². The first-order chi connectivity index (χ1) is 6.18. The third-order valence-corrected chi connectivity index (χ3v) is 2.42. The summed E-state index contributed by atoms with van der Waals surface area (Å²) in [6.07, 6.45) is 1.86. The van der Waals surface area contributed by atoms with Crippen LogP contribution in [0.25, 0.3) is 11.0 Å². The molecule has 0 N–H and O–H groups in total. The fourth-order valence-corrected chi connectivity index (χ4v) is 1.51. The summed E-state index contributed by atoms with van der Waals surface area (Å²) in [7, 11) is 2.02. The molecule has 0 spiro atoms. The number of nitrogens with zero attached hydrogens (tertiary/aromatic N) is 2. The second kappa shape index (κ2) is 2.87. The molecule has 2 nitrogen and oxygen atoms in total. The summed E-state index contributed by atoms with van der Waals surface area (Å²) in [4.78, 5) is 4.32. The molecule has 0 aliphatic heterocycles. The van der Waals surface area contributed by atoms with Crippen LogP contribution in [-0.4, -0.2) is 9.55 Å². The zero-order valence-corrected chi connectivity index (χ0v) is 8.28. The Kier molecular flexibility index (Phi) is 1.83. The van der Waals surface area contributed by atoms with Crippen molar-refractivity contribution in [2.24, 2.45) is 7.05 Å². The summed E-state index contributed by atoms with van der Waals surface area (Å²) in [6.45, 7) is 4.40. The Morgan fingerprint density at radius 3 is 2.77 bits per heavy atom. The average Bonchev–Trinajstić information content (AvgIpc) is 2.47. The molecule has 0 bridgehead atoms. The van der Waals surface area contributed by atoms with Gasteiger partial charge in [-0.25, -0.2) is 4.98 Å². The zero-order chi connectivity index (χ0) is 9.42.